The number of benzene rings is 1. The zero-order chi connectivity index (χ0) is 14.0. The Labute approximate surface area is 113 Å². The van der Waals surface area contributed by atoms with Crippen molar-refractivity contribution < 1.29 is 4.74 Å². The summed E-state index contributed by atoms with van der Waals surface area (Å²) in [6.07, 6.45) is 0.825. The summed E-state index contributed by atoms with van der Waals surface area (Å²) >= 11 is 0. The van der Waals surface area contributed by atoms with Gasteiger partial charge in [-0.3, -0.25) is 4.68 Å². The summed E-state index contributed by atoms with van der Waals surface area (Å²) in [4.78, 5) is 2.02. The van der Waals surface area contributed by atoms with Gasteiger partial charge in [-0.1, -0.05) is 13.0 Å². The van der Waals surface area contributed by atoms with Gasteiger partial charge in [0.05, 0.1) is 18.5 Å². The molecule has 102 valence electrons. The zero-order valence-electron chi connectivity index (χ0n) is 11.8. The van der Waals surface area contributed by atoms with Crippen molar-refractivity contribution >= 4 is 17.2 Å². The van der Waals surface area contributed by atoms with Crippen molar-refractivity contribution in [2.45, 2.75) is 13.3 Å². The molecule has 0 saturated heterocycles. The molecular weight excluding hydrogens is 240 g/mol. The molecule has 0 radical (unpaired) electrons. The molecule has 2 N–H and O–H groups in total. The smallest absolute Gasteiger partial charge is 0.154 e. The molecule has 0 aliphatic rings. The van der Waals surface area contributed by atoms with Gasteiger partial charge in [-0.15, -0.1) is 0 Å². The lowest BCUT2D eigenvalue weighted by molar-refractivity contribution is 0.415. The monoisotopic (exact) mass is 260 g/mol. The van der Waals surface area contributed by atoms with Crippen LogP contribution < -0.4 is 15.4 Å². The predicted molar refractivity (Wildman–Crippen MR) is 78.1 cm³/mol. The fraction of sp³-hybridized carbons (Fsp3) is 0.357. The van der Waals surface area contributed by atoms with E-state index in [4.69, 9.17) is 10.5 Å². The van der Waals surface area contributed by atoms with Crippen molar-refractivity contribution in [2.24, 2.45) is 7.05 Å². The largest absolute Gasteiger partial charge is 0.497 e. The Hall–Kier alpha value is -2.17. The number of nitrogens with two attached hydrogens (primary N) is 1. The number of nitrogens with zero attached hydrogens (tertiary/aromatic N) is 3. The Bertz CT molecular complexity index is 577. The van der Waals surface area contributed by atoms with Gasteiger partial charge < -0.3 is 15.4 Å². The van der Waals surface area contributed by atoms with Crippen molar-refractivity contribution in [2.75, 3.05) is 24.8 Å². The summed E-state index contributed by atoms with van der Waals surface area (Å²) in [6.45, 7) is 2.05. The van der Waals surface area contributed by atoms with Crippen LogP contribution in [-0.4, -0.2) is 23.9 Å². The molecule has 0 bridgehead atoms. The Morgan fingerprint density at radius 3 is 2.74 bits per heavy atom. The molecule has 5 nitrogen and oxygen atoms in total. The molecule has 0 amide bonds. The van der Waals surface area contributed by atoms with Crippen molar-refractivity contribution in [1.29, 1.82) is 0 Å². The zero-order valence-corrected chi connectivity index (χ0v) is 11.8. The van der Waals surface area contributed by atoms with Crippen LogP contribution in [0, 0.1) is 0 Å². The first-order valence-electron chi connectivity index (χ1n) is 6.27. The minimum absolute atomic E-state index is 0.732. The lowest BCUT2D eigenvalue weighted by Crippen LogP contribution is -2.15. The van der Waals surface area contributed by atoms with Gasteiger partial charge in [0.1, 0.15) is 5.75 Å². The number of ether oxygens (including phenoxy) is 1. The molecule has 5 heteroatoms. The van der Waals surface area contributed by atoms with E-state index in [9.17, 15) is 0 Å². The molecule has 0 aliphatic carbocycles. The number of methoxy groups -OCH3 is 1. The molecule has 0 saturated carbocycles. The van der Waals surface area contributed by atoms with Gasteiger partial charge in [0.25, 0.3) is 0 Å². The van der Waals surface area contributed by atoms with Gasteiger partial charge in [0.15, 0.2) is 5.82 Å². The molecule has 0 unspecified atom stereocenters. The highest BCUT2D eigenvalue weighted by Crippen LogP contribution is 2.32. The van der Waals surface area contributed by atoms with Crippen LogP contribution in [0.1, 0.15) is 12.6 Å². The molecule has 0 fully saturated rings. The molecular formula is C14H20N4O. The first-order chi connectivity index (χ1) is 9.08. The van der Waals surface area contributed by atoms with E-state index in [1.54, 1.807) is 7.11 Å². The lowest BCUT2D eigenvalue weighted by atomic mass is 10.2. The van der Waals surface area contributed by atoms with Gasteiger partial charge in [-0.05, 0) is 18.6 Å². The fourth-order valence-corrected chi connectivity index (χ4v) is 2.19. The van der Waals surface area contributed by atoms with Crippen LogP contribution in [-0.2, 0) is 13.5 Å². The maximum absolute atomic E-state index is 6.17. The van der Waals surface area contributed by atoms with E-state index in [0.717, 1.165) is 35.1 Å². The summed E-state index contributed by atoms with van der Waals surface area (Å²) in [5.41, 5.74) is 8.83. The second kappa shape index (κ2) is 5.22. The van der Waals surface area contributed by atoms with Crippen molar-refractivity contribution in [3.05, 3.63) is 30.0 Å². The Morgan fingerprint density at radius 2 is 2.16 bits per heavy atom. The number of anilines is 3. The van der Waals surface area contributed by atoms with Crippen LogP contribution in [0.25, 0.3) is 0 Å². The van der Waals surface area contributed by atoms with E-state index in [1.807, 2.05) is 54.9 Å². The number of rotatable bonds is 4. The van der Waals surface area contributed by atoms with E-state index < -0.39 is 0 Å². The van der Waals surface area contributed by atoms with E-state index in [-0.39, 0.29) is 0 Å². The second-order valence-electron chi connectivity index (χ2n) is 4.42. The van der Waals surface area contributed by atoms with Crippen LogP contribution in [0.3, 0.4) is 0 Å². The lowest BCUT2D eigenvalue weighted by Gasteiger charge is -2.20. The third-order valence-electron chi connectivity index (χ3n) is 3.22. The minimum atomic E-state index is 0.732. The highest BCUT2D eigenvalue weighted by atomic mass is 16.5. The second-order valence-corrected chi connectivity index (χ2v) is 4.42. The van der Waals surface area contributed by atoms with Crippen LogP contribution in [0.2, 0.25) is 0 Å². The molecule has 2 rings (SSSR count). The normalized spacial score (nSPS) is 10.5. The van der Waals surface area contributed by atoms with Crippen molar-refractivity contribution in [1.82, 2.24) is 9.78 Å². The Balaban J connectivity index is 2.43. The van der Waals surface area contributed by atoms with Gasteiger partial charge >= 0.3 is 0 Å². The van der Waals surface area contributed by atoms with E-state index in [1.165, 1.54) is 0 Å². The number of nitrogen functional groups attached to an aromatic ring is 1. The summed E-state index contributed by atoms with van der Waals surface area (Å²) in [6, 6.07) is 7.86. The number of hydrogen-bond acceptors (Lipinski definition) is 4. The van der Waals surface area contributed by atoms with Crippen LogP contribution in [0.5, 0.6) is 5.75 Å². The maximum Gasteiger partial charge on any atom is 0.154 e. The first-order valence-corrected chi connectivity index (χ1v) is 6.27. The third-order valence-corrected chi connectivity index (χ3v) is 3.22. The molecule has 1 heterocycles. The average Bonchev–Trinajstić information content (AvgIpc) is 2.72. The summed E-state index contributed by atoms with van der Waals surface area (Å²) in [7, 11) is 5.54. The Morgan fingerprint density at radius 1 is 1.42 bits per heavy atom. The van der Waals surface area contributed by atoms with Crippen LogP contribution in [0.4, 0.5) is 17.2 Å². The fourth-order valence-electron chi connectivity index (χ4n) is 2.19. The highest BCUT2D eigenvalue weighted by Gasteiger charge is 2.17. The first kappa shape index (κ1) is 13.3. The molecule has 2 aromatic rings. The highest BCUT2D eigenvalue weighted by molar-refractivity contribution is 5.73. The topological polar surface area (TPSA) is 56.3 Å². The van der Waals surface area contributed by atoms with Gasteiger partial charge in [0.2, 0.25) is 0 Å². The van der Waals surface area contributed by atoms with E-state index in [0.29, 0.717) is 0 Å². The number of hydrogen-bond donors (Lipinski definition) is 1. The molecule has 0 atom stereocenters. The van der Waals surface area contributed by atoms with Gasteiger partial charge in [-0.25, -0.2) is 0 Å². The average molecular weight is 260 g/mol. The molecule has 19 heavy (non-hydrogen) atoms. The van der Waals surface area contributed by atoms with Gasteiger partial charge in [0, 0.05) is 25.8 Å². The Kier molecular flexibility index (Phi) is 3.64. The molecule has 0 spiro atoms. The molecule has 1 aromatic carbocycles. The summed E-state index contributed by atoms with van der Waals surface area (Å²) in [5, 5.41) is 4.44. The third kappa shape index (κ3) is 2.36. The summed E-state index contributed by atoms with van der Waals surface area (Å²) < 4.78 is 7.06. The molecule has 0 aliphatic heterocycles. The quantitative estimate of drug-likeness (QED) is 0.916. The molecule has 1 aromatic heterocycles. The van der Waals surface area contributed by atoms with Crippen LogP contribution in [0.15, 0.2) is 24.3 Å². The standard InChI is InChI=1S/C14H20N4O/c1-5-12-13(15)14(18(3)16-12)17(2)10-7-6-8-11(9-10)19-4/h6-9H,5,15H2,1-4H3. The van der Waals surface area contributed by atoms with Crippen molar-refractivity contribution in [3.63, 3.8) is 0 Å². The summed E-state index contributed by atoms with van der Waals surface area (Å²) in [5.74, 6) is 1.71. The van der Waals surface area contributed by atoms with Crippen molar-refractivity contribution in [3.8, 4) is 5.75 Å². The predicted octanol–water partition coefficient (Wildman–Crippen LogP) is 2.34. The van der Waals surface area contributed by atoms with E-state index >= 15 is 0 Å². The maximum atomic E-state index is 6.17. The van der Waals surface area contributed by atoms with Gasteiger partial charge in [-0.2, -0.15) is 5.10 Å². The number of aryl methyl sites for hydroxylation is 2. The number of aromatic nitrogens is 2. The van der Waals surface area contributed by atoms with E-state index in [2.05, 4.69) is 5.10 Å². The minimum Gasteiger partial charge on any atom is -0.497 e. The van der Waals surface area contributed by atoms with Crippen LogP contribution >= 0.6 is 0 Å². The SMILES string of the molecule is CCc1nn(C)c(N(C)c2cccc(OC)c2)c1N.